The fourth-order valence-corrected chi connectivity index (χ4v) is 1.12. The van der Waals surface area contributed by atoms with Crippen molar-refractivity contribution < 1.29 is 5.11 Å². The molecule has 0 aromatic carbocycles. The van der Waals surface area contributed by atoms with Crippen LogP contribution in [-0.4, -0.2) is 16.3 Å². The molecule has 0 amide bonds. The smallest absolute Gasteiger partial charge is 0.0957 e. The molecule has 0 bridgehead atoms. The van der Waals surface area contributed by atoms with Gasteiger partial charge in [0.25, 0.3) is 0 Å². The molecule has 1 aromatic rings. The summed E-state index contributed by atoms with van der Waals surface area (Å²) >= 11 is 1.60. The van der Waals surface area contributed by atoms with E-state index in [4.69, 9.17) is 5.11 Å². The van der Waals surface area contributed by atoms with Crippen molar-refractivity contribution in [1.29, 1.82) is 0 Å². The van der Waals surface area contributed by atoms with Crippen LogP contribution in [0.3, 0.4) is 0 Å². The van der Waals surface area contributed by atoms with Gasteiger partial charge >= 0.3 is 0 Å². The van der Waals surface area contributed by atoms with E-state index < -0.39 is 6.10 Å². The fourth-order valence-electron chi connectivity index (χ4n) is 0.760. The lowest BCUT2D eigenvalue weighted by atomic mass is 10.2. The van der Waals surface area contributed by atoms with Gasteiger partial charge in [-0.25, -0.2) is 4.98 Å². The van der Waals surface area contributed by atoms with Crippen molar-refractivity contribution in [2.75, 3.05) is 6.26 Å². The summed E-state index contributed by atoms with van der Waals surface area (Å²) in [4.78, 5) is 4.12. The second kappa shape index (κ2) is 3.74. The van der Waals surface area contributed by atoms with Crippen LogP contribution in [0.5, 0.6) is 0 Å². The van der Waals surface area contributed by atoms with Gasteiger partial charge in [-0.05, 0) is 24.8 Å². The Labute approximate surface area is 70.7 Å². The second-order valence-electron chi connectivity index (χ2n) is 2.31. The van der Waals surface area contributed by atoms with Gasteiger partial charge in [-0.1, -0.05) is 6.07 Å². The van der Waals surface area contributed by atoms with Crippen molar-refractivity contribution in [1.82, 2.24) is 4.98 Å². The molecule has 1 N–H and O–H groups in total. The summed E-state index contributed by atoms with van der Waals surface area (Å²) in [5.41, 5.74) is 0.864. The minimum Gasteiger partial charge on any atom is -0.389 e. The van der Waals surface area contributed by atoms with E-state index in [9.17, 15) is 0 Å². The first-order chi connectivity index (χ1) is 5.24. The average Bonchev–Trinajstić information content (AvgIpc) is 2.05. The molecule has 0 saturated heterocycles. The molecule has 0 saturated carbocycles. The van der Waals surface area contributed by atoms with Crippen LogP contribution in [0.2, 0.25) is 0 Å². The topological polar surface area (TPSA) is 33.1 Å². The molecule has 0 radical (unpaired) electrons. The molecule has 1 unspecified atom stereocenters. The largest absolute Gasteiger partial charge is 0.389 e. The highest BCUT2D eigenvalue weighted by molar-refractivity contribution is 7.98. The van der Waals surface area contributed by atoms with Crippen LogP contribution in [0.1, 0.15) is 18.6 Å². The quantitative estimate of drug-likeness (QED) is 0.686. The molecule has 0 aliphatic carbocycles. The molecule has 11 heavy (non-hydrogen) atoms. The summed E-state index contributed by atoms with van der Waals surface area (Å²) < 4.78 is 0. The van der Waals surface area contributed by atoms with Gasteiger partial charge in [0.1, 0.15) is 0 Å². The zero-order valence-electron chi connectivity index (χ0n) is 6.61. The number of thioether (sulfide) groups is 1. The standard InChI is InChI=1S/C8H11NOS/c1-6(10)7-3-4-8(11-2)9-5-7/h3-6,10H,1-2H3. The maximum Gasteiger partial charge on any atom is 0.0957 e. The van der Waals surface area contributed by atoms with E-state index in [1.165, 1.54) is 0 Å². The maximum atomic E-state index is 9.14. The Morgan fingerprint density at radius 1 is 1.55 bits per heavy atom. The Morgan fingerprint density at radius 3 is 2.64 bits per heavy atom. The van der Waals surface area contributed by atoms with Crippen LogP contribution in [0.15, 0.2) is 23.4 Å². The summed E-state index contributed by atoms with van der Waals surface area (Å²) in [5, 5.41) is 10.1. The van der Waals surface area contributed by atoms with Crippen molar-refractivity contribution >= 4 is 11.8 Å². The third-order valence-electron chi connectivity index (χ3n) is 1.45. The molecule has 60 valence electrons. The van der Waals surface area contributed by atoms with Crippen LogP contribution < -0.4 is 0 Å². The predicted molar refractivity (Wildman–Crippen MR) is 46.7 cm³/mol. The summed E-state index contributed by atoms with van der Waals surface area (Å²) in [6, 6.07) is 3.80. The minimum absolute atomic E-state index is 0.418. The number of hydrogen-bond acceptors (Lipinski definition) is 3. The van der Waals surface area contributed by atoms with Crippen LogP contribution in [0.25, 0.3) is 0 Å². The summed E-state index contributed by atoms with van der Waals surface area (Å²) in [6.45, 7) is 1.73. The lowest BCUT2D eigenvalue weighted by Crippen LogP contribution is -1.91. The normalized spacial score (nSPS) is 13.0. The molecule has 1 atom stereocenters. The van der Waals surface area contributed by atoms with Crippen molar-refractivity contribution in [3.05, 3.63) is 23.9 Å². The van der Waals surface area contributed by atoms with Gasteiger partial charge in [0.05, 0.1) is 11.1 Å². The third kappa shape index (κ3) is 2.20. The lowest BCUT2D eigenvalue weighted by Gasteiger charge is -2.03. The van der Waals surface area contributed by atoms with Gasteiger partial charge in [0, 0.05) is 6.20 Å². The van der Waals surface area contributed by atoms with E-state index in [1.54, 1.807) is 24.9 Å². The highest BCUT2D eigenvalue weighted by Crippen LogP contribution is 2.15. The average molecular weight is 169 g/mol. The van der Waals surface area contributed by atoms with Crippen molar-refractivity contribution in [2.45, 2.75) is 18.1 Å². The molecule has 1 rings (SSSR count). The van der Waals surface area contributed by atoms with Crippen molar-refractivity contribution in [3.63, 3.8) is 0 Å². The predicted octanol–water partition coefficient (Wildman–Crippen LogP) is 1.86. The molecule has 0 fully saturated rings. The van der Waals surface area contributed by atoms with Gasteiger partial charge in [-0.2, -0.15) is 0 Å². The first kappa shape index (κ1) is 8.56. The Morgan fingerprint density at radius 2 is 2.27 bits per heavy atom. The summed E-state index contributed by atoms with van der Waals surface area (Å²) in [7, 11) is 0. The number of pyridine rings is 1. The monoisotopic (exact) mass is 169 g/mol. The van der Waals surface area contributed by atoms with E-state index in [0.717, 1.165) is 10.6 Å². The lowest BCUT2D eigenvalue weighted by molar-refractivity contribution is 0.198. The molecule has 2 nitrogen and oxygen atoms in total. The van der Waals surface area contributed by atoms with Crippen LogP contribution in [0, 0.1) is 0 Å². The maximum absolute atomic E-state index is 9.14. The van der Waals surface area contributed by atoms with Gasteiger partial charge in [0.15, 0.2) is 0 Å². The van der Waals surface area contributed by atoms with E-state index in [2.05, 4.69) is 4.98 Å². The highest BCUT2D eigenvalue weighted by Gasteiger charge is 1.99. The molecule has 1 aromatic heterocycles. The van der Waals surface area contributed by atoms with Gasteiger partial charge < -0.3 is 5.11 Å². The summed E-state index contributed by atoms with van der Waals surface area (Å²) in [5.74, 6) is 0. The molecule has 0 spiro atoms. The number of aliphatic hydroxyl groups excluding tert-OH is 1. The third-order valence-corrected chi connectivity index (χ3v) is 2.11. The molecule has 0 aliphatic heterocycles. The van der Waals surface area contributed by atoms with E-state index in [0.29, 0.717) is 0 Å². The Kier molecular flexibility index (Phi) is 2.91. The van der Waals surface area contributed by atoms with Crippen LogP contribution in [-0.2, 0) is 0 Å². The minimum atomic E-state index is -0.418. The van der Waals surface area contributed by atoms with E-state index in [1.807, 2.05) is 18.4 Å². The van der Waals surface area contributed by atoms with E-state index in [-0.39, 0.29) is 0 Å². The Hall–Kier alpha value is -0.540. The van der Waals surface area contributed by atoms with Crippen molar-refractivity contribution in [3.8, 4) is 0 Å². The summed E-state index contributed by atoms with van der Waals surface area (Å²) in [6.07, 6.45) is 3.26. The zero-order valence-corrected chi connectivity index (χ0v) is 7.43. The highest BCUT2D eigenvalue weighted by atomic mass is 32.2. The number of aromatic nitrogens is 1. The first-order valence-corrected chi connectivity index (χ1v) is 4.64. The van der Waals surface area contributed by atoms with Crippen molar-refractivity contribution in [2.24, 2.45) is 0 Å². The Balaban J connectivity index is 2.83. The number of nitrogens with zero attached hydrogens (tertiary/aromatic N) is 1. The Bertz CT molecular complexity index is 220. The first-order valence-electron chi connectivity index (χ1n) is 3.42. The number of aliphatic hydroxyl groups is 1. The number of rotatable bonds is 2. The SMILES string of the molecule is CSc1ccc(C(C)O)cn1. The molecule has 1 heterocycles. The second-order valence-corrected chi connectivity index (χ2v) is 3.14. The molecule has 3 heteroatoms. The van der Waals surface area contributed by atoms with E-state index >= 15 is 0 Å². The van der Waals surface area contributed by atoms with Crippen LogP contribution in [0.4, 0.5) is 0 Å². The fraction of sp³-hybridized carbons (Fsp3) is 0.375. The number of hydrogen-bond donors (Lipinski definition) is 1. The zero-order chi connectivity index (χ0) is 8.27. The van der Waals surface area contributed by atoms with Gasteiger partial charge in [0.2, 0.25) is 0 Å². The van der Waals surface area contributed by atoms with Crippen LogP contribution >= 0.6 is 11.8 Å². The molecule has 0 aliphatic rings. The van der Waals surface area contributed by atoms with Gasteiger partial charge in [-0.3, -0.25) is 0 Å². The van der Waals surface area contributed by atoms with Gasteiger partial charge in [-0.15, -0.1) is 11.8 Å². The molecular formula is C8H11NOS. The molecular weight excluding hydrogens is 158 g/mol.